The lowest BCUT2D eigenvalue weighted by Crippen LogP contribution is -2.02. The van der Waals surface area contributed by atoms with E-state index in [1.165, 1.54) is 36.0 Å². The van der Waals surface area contributed by atoms with E-state index in [4.69, 9.17) is 5.11 Å². The number of hydrogen-bond acceptors (Lipinski definition) is 6. The predicted molar refractivity (Wildman–Crippen MR) is 92.9 cm³/mol. The number of non-ortho nitro benzene ring substituents is 1. The third-order valence-corrected chi connectivity index (χ3v) is 4.37. The zero-order valence-corrected chi connectivity index (χ0v) is 13.6. The van der Waals surface area contributed by atoms with Gasteiger partial charge in [0.15, 0.2) is 0 Å². The smallest absolute Gasteiger partial charge is 0.342 e. The summed E-state index contributed by atoms with van der Waals surface area (Å²) in [6, 6.07) is 9.78. The van der Waals surface area contributed by atoms with E-state index in [2.05, 4.69) is 6.58 Å². The number of hydrogen-bond donors (Lipinski definition) is 1. The zero-order valence-electron chi connectivity index (χ0n) is 12.7. The second kappa shape index (κ2) is 7.58. The Bertz CT molecular complexity index is 863. The topological polar surface area (TPSA) is 124 Å². The maximum Gasteiger partial charge on any atom is 0.342 e. The van der Waals surface area contributed by atoms with Gasteiger partial charge >= 0.3 is 5.97 Å². The van der Waals surface area contributed by atoms with Gasteiger partial charge in [-0.05, 0) is 35.4 Å². The molecule has 0 atom stereocenters. The van der Waals surface area contributed by atoms with Gasteiger partial charge in [-0.1, -0.05) is 6.58 Å². The average Bonchev–Trinajstić information content (AvgIpc) is 2.59. The molecule has 0 aliphatic carbocycles. The number of nitro benzene ring substituents is 2. The first kappa shape index (κ1) is 18.1. The highest BCUT2D eigenvalue weighted by atomic mass is 32.2. The van der Waals surface area contributed by atoms with Crippen molar-refractivity contribution in [1.29, 1.82) is 0 Å². The fourth-order valence-corrected chi connectivity index (χ4v) is 2.88. The Morgan fingerprint density at radius 2 is 1.72 bits per heavy atom. The molecule has 0 aliphatic rings. The molecular weight excluding hydrogens is 348 g/mol. The van der Waals surface area contributed by atoms with E-state index < -0.39 is 21.5 Å². The number of benzene rings is 2. The summed E-state index contributed by atoms with van der Waals surface area (Å²) in [7, 11) is 0. The van der Waals surface area contributed by atoms with Crippen molar-refractivity contribution in [2.24, 2.45) is 0 Å². The van der Waals surface area contributed by atoms with Crippen molar-refractivity contribution >= 4 is 34.7 Å². The lowest BCUT2D eigenvalue weighted by atomic mass is 10.1. The van der Waals surface area contributed by atoms with Crippen molar-refractivity contribution in [2.75, 3.05) is 5.75 Å². The summed E-state index contributed by atoms with van der Waals surface area (Å²) >= 11 is 1.27. The van der Waals surface area contributed by atoms with Gasteiger partial charge in [-0.15, -0.1) is 11.8 Å². The molecule has 0 saturated carbocycles. The molecule has 0 saturated heterocycles. The highest BCUT2D eigenvalue weighted by Crippen LogP contribution is 2.29. The quantitative estimate of drug-likeness (QED) is 0.449. The third kappa shape index (κ3) is 4.42. The van der Waals surface area contributed by atoms with E-state index >= 15 is 0 Å². The second-order valence-corrected chi connectivity index (χ2v) is 5.99. The molecule has 128 valence electrons. The van der Waals surface area contributed by atoms with E-state index in [1.807, 2.05) is 0 Å². The maximum atomic E-state index is 11.1. The minimum atomic E-state index is -1.37. The first-order chi connectivity index (χ1) is 11.8. The first-order valence-corrected chi connectivity index (χ1v) is 7.85. The molecule has 9 heteroatoms. The van der Waals surface area contributed by atoms with Gasteiger partial charge in [0, 0.05) is 28.8 Å². The number of thioether (sulfide) groups is 1. The summed E-state index contributed by atoms with van der Waals surface area (Å²) in [6.07, 6.45) is 0. The fourth-order valence-electron chi connectivity index (χ4n) is 2.01. The van der Waals surface area contributed by atoms with Crippen LogP contribution in [0.5, 0.6) is 0 Å². The van der Waals surface area contributed by atoms with Crippen LogP contribution >= 0.6 is 11.8 Å². The Morgan fingerprint density at radius 3 is 2.24 bits per heavy atom. The van der Waals surface area contributed by atoms with Crippen molar-refractivity contribution < 1.29 is 19.7 Å². The minimum Gasteiger partial charge on any atom is -0.477 e. The molecule has 8 nitrogen and oxygen atoms in total. The van der Waals surface area contributed by atoms with Crippen LogP contribution in [0, 0.1) is 20.2 Å². The number of nitrogens with zero attached hydrogens (tertiary/aromatic N) is 2. The van der Waals surface area contributed by atoms with E-state index in [9.17, 15) is 25.0 Å². The van der Waals surface area contributed by atoms with Crippen LogP contribution in [-0.2, 0) is 0 Å². The molecule has 0 aliphatic heterocycles. The summed E-state index contributed by atoms with van der Waals surface area (Å²) < 4.78 is 0. The van der Waals surface area contributed by atoms with Crippen molar-refractivity contribution in [3.05, 3.63) is 80.4 Å². The van der Waals surface area contributed by atoms with Crippen LogP contribution in [0.1, 0.15) is 15.9 Å². The van der Waals surface area contributed by atoms with E-state index in [0.29, 0.717) is 16.2 Å². The fraction of sp³-hybridized carbons (Fsp3) is 0.0625. The molecule has 2 aromatic carbocycles. The van der Waals surface area contributed by atoms with Crippen LogP contribution in [0.4, 0.5) is 11.4 Å². The van der Waals surface area contributed by atoms with Gasteiger partial charge in [-0.3, -0.25) is 20.2 Å². The van der Waals surface area contributed by atoms with Crippen molar-refractivity contribution in [1.82, 2.24) is 0 Å². The first-order valence-electron chi connectivity index (χ1n) is 6.86. The van der Waals surface area contributed by atoms with Crippen LogP contribution in [0.2, 0.25) is 0 Å². The number of carbonyl (C=O) groups is 1. The summed E-state index contributed by atoms with van der Waals surface area (Å²) in [6.45, 7) is 3.90. The molecule has 2 rings (SSSR count). The van der Waals surface area contributed by atoms with Gasteiger partial charge in [-0.2, -0.15) is 0 Å². The normalized spacial score (nSPS) is 10.2. The molecular formula is C16H12N2O6S. The standard InChI is InChI=1S/C16H12N2O6S/c1-10(11-2-4-12(5-3-11)17(21)22)9-25-13-6-7-15(18(23)24)14(8-13)16(19)20/h2-8H,1,9H2,(H,19,20). The summed E-state index contributed by atoms with van der Waals surface area (Å²) in [5.41, 5.74) is 0.543. The molecule has 0 bridgehead atoms. The second-order valence-electron chi connectivity index (χ2n) is 4.94. The van der Waals surface area contributed by atoms with Gasteiger partial charge in [0.1, 0.15) is 5.56 Å². The average molecular weight is 360 g/mol. The summed E-state index contributed by atoms with van der Waals surface area (Å²) in [5.74, 6) is -0.974. The number of nitro groups is 2. The Balaban J connectivity index is 2.11. The van der Waals surface area contributed by atoms with Gasteiger partial charge in [0.05, 0.1) is 9.85 Å². The minimum absolute atomic E-state index is 0.0225. The number of carboxylic acid groups (broad SMARTS) is 1. The number of aromatic carboxylic acids is 1. The Hall–Kier alpha value is -3.20. The lowest BCUT2D eigenvalue weighted by Gasteiger charge is -2.07. The summed E-state index contributed by atoms with van der Waals surface area (Å²) in [5, 5.41) is 30.6. The summed E-state index contributed by atoms with van der Waals surface area (Å²) in [4.78, 5) is 31.9. The Labute approximate surface area is 146 Å². The van der Waals surface area contributed by atoms with E-state index in [0.717, 1.165) is 11.6 Å². The Kier molecular flexibility index (Phi) is 5.50. The number of carboxylic acids is 1. The molecule has 0 amide bonds. The van der Waals surface area contributed by atoms with Gasteiger partial charge in [0.25, 0.3) is 11.4 Å². The van der Waals surface area contributed by atoms with Crippen LogP contribution in [0.15, 0.2) is 53.9 Å². The lowest BCUT2D eigenvalue weighted by molar-refractivity contribution is -0.385. The van der Waals surface area contributed by atoms with Gasteiger partial charge in [-0.25, -0.2) is 4.79 Å². The maximum absolute atomic E-state index is 11.1. The van der Waals surface area contributed by atoms with Gasteiger partial charge in [0.2, 0.25) is 0 Å². The van der Waals surface area contributed by atoms with Gasteiger partial charge < -0.3 is 5.11 Å². The van der Waals surface area contributed by atoms with Crippen molar-refractivity contribution in [3.63, 3.8) is 0 Å². The molecule has 0 fully saturated rings. The van der Waals surface area contributed by atoms with Crippen LogP contribution in [0.25, 0.3) is 5.57 Å². The monoisotopic (exact) mass is 360 g/mol. The molecule has 0 heterocycles. The molecule has 25 heavy (non-hydrogen) atoms. The molecule has 2 aromatic rings. The molecule has 0 radical (unpaired) electrons. The Morgan fingerprint density at radius 1 is 1.08 bits per heavy atom. The van der Waals surface area contributed by atoms with Crippen LogP contribution < -0.4 is 0 Å². The molecule has 1 N–H and O–H groups in total. The molecule has 0 unspecified atom stereocenters. The number of rotatable bonds is 7. The van der Waals surface area contributed by atoms with E-state index in [-0.39, 0.29) is 11.3 Å². The largest absolute Gasteiger partial charge is 0.477 e. The third-order valence-electron chi connectivity index (χ3n) is 3.29. The van der Waals surface area contributed by atoms with E-state index in [1.54, 1.807) is 12.1 Å². The van der Waals surface area contributed by atoms with Crippen LogP contribution in [0.3, 0.4) is 0 Å². The highest BCUT2D eigenvalue weighted by molar-refractivity contribution is 7.99. The zero-order chi connectivity index (χ0) is 18.6. The SMILES string of the molecule is C=C(CSc1ccc([N+](=O)[O-])c(C(=O)O)c1)c1ccc([N+](=O)[O-])cc1. The van der Waals surface area contributed by atoms with Crippen LogP contribution in [-0.4, -0.2) is 26.7 Å². The predicted octanol–water partition coefficient (Wildman–Crippen LogP) is 4.01. The molecule has 0 spiro atoms. The van der Waals surface area contributed by atoms with Crippen molar-refractivity contribution in [3.8, 4) is 0 Å². The highest BCUT2D eigenvalue weighted by Gasteiger charge is 2.20. The molecule has 0 aromatic heterocycles. The van der Waals surface area contributed by atoms with Crippen molar-refractivity contribution in [2.45, 2.75) is 4.90 Å².